The number of carbonyl (C=O) groups is 2. The summed E-state index contributed by atoms with van der Waals surface area (Å²) in [7, 11) is 0. The van der Waals surface area contributed by atoms with E-state index in [4.69, 9.17) is 23.2 Å². The van der Waals surface area contributed by atoms with Gasteiger partial charge in [-0.25, -0.2) is 0 Å². The molecule has 0 aliphatic carbocycles. The molecule has 0 saturated carbocycles. The number of amides is 2. The van der Waals surface area contributed by atoms with Crippen molar-refractivity contribution in [1.82, 2.24) is 5.32 Å². The number of halogens is 2. The number of carbonyl (C=O) groups excluding carboxylic acids is 2. The Morgan fingerprint density at radius 2 is 1.85 bits per heavy atom. The molecule has 0 spiro atoms. The Kier molecular flexibility index (Phi) is 6.19. The van der Waals surface area contributed by atoms with E-state index < -0.39 is 5.25 Å². The van der Waals surface area contributed by atoms with Gasteiger partial charge < -0.3 is 10.6 Å². The summed E-state index contributed by atoms with van der Waals surface area (Å²) < 4.78 is 0. The van der Waals surface area contributed by atoms with Gasteiger partial charge in [0.1, 0.15) is 5.25 Å². The number of benzene rings is 2. The second-order valence-corrected chi connectivity index (χ2v) is 7.68. The van der Waals surface area contributed by atoms with Crippen molar-refractivity contribution in [3.05, 3.63) is 64.1 Å². The fraction of sp³-hybridized carbons (Fsp3) is 0.167. The maximum Gasteiger partial charge on any atom is 0.240 e. The molecule has 0 bridgehead atoms. The quantitative estimate of drug-likeness (QED) is 0.782. The van der Waals surface area contributed by atoms with Crippen LogP contribution < -0.4 is 10.6 Å². The molecule has 1 saturated heterocycles. The molecule has 1 heterocycles. The van der Waals surface area contributed by atoms with Crippen LogP contribution in [0.5, 0.6) is 0 Å². The molecule has 2 amide bonds. The molecule has 3 rings (SSSR count). The van der Waals surface area contributed by atoms with E-state index in [2.05, 4.69) is 15.6 Å². The van der Waals surface area contributed by atoms with Crippen LogP contribution >= 0.6 is 35.0 Å². The fourth-order valence-corrected chi connectivity index (χ4v) is 3.86. The number of amidine groups is 1. The summed E-state index contributed by atoms with van der Waals surface area (Å²) in [6.45, 7) is 0.476. The van der Waals surface area contributed by atoms with Crippen LogP contribution in [0, 0.1) is 0 Å². The summed E-state index contributed by atoms with van der Waals surface area (Å²) in [6.07, 6.45) is 0.0327. The van der Waals surface area contributed by atoms with Gasteiger partial charge in [0, 0.05) is 22.2 Å². The highest BCUT2D eigenvalue weighted by atomic mass is 35.5. The number of hydrogen-bond acceptors (Lipinski definition) is 4. The van der Waals surface area contributed by atoms with Crippen molar-refractivity contribution in [2.75, 3.05) is 5.32 Å². The average Bonchev–Trinajstić information content (AvgIpc) is 2.92. The molecule has 1 atom stereocenters. The lowest BCUT2D eigenvalue weighted by atomic mass is 10.2. The van der Waals surface area contributed by atoms with Gasteiger partial charge in [0.05, 0.1) is 6.54 Å². The third-order valence-electron chi connectivity index (χ3n) is 3.54. The molecule has 5 nitrogen and oxygen atoms in total. The Balaban J connectivity index is 1.56. The molecule has 0 aromatic heterocycles. The van der Waals surface area contributed by atoms with Gasteiger partial charge in [0.15, 0.2) is 5.17 Å². The second-order valence-electron chi connectivity index (χ2n) is 5.61. The summed E-state index contributed by atoms with van der Waals surface area (Å²) in [5.41, 5.74) is 1.54. The minimum absolute atomic E-state index is 0.0327. The van der Waals surface area contributed by atoms with E-state index in [0.717, 1.165) is 5.56 Å². The third-order valence-corrected chi connectivity index (χ3v) is 5.10. The Labute approximate surface area is 165 Å². The predicted molar refractivity (Wildman–Crippen MR) is 107 cm³/mol. The van der Waals surface area contributed by atoms with Crippen molar-refractivity contribution < 1.29 is 9.59 Å². The van der Waals surface area contributed by atoms with Gasteiger partial charge >= 0.3 is 0 Å². The predicted octanol–water partition coefficient (Wildman–Crippen LogP) is 4.11. The number of thioether (sulfide) groups is 1. The molecule has 8 heteroatoms. The number of aliphatic imine (C=N–C) groups is 1. The summed E-state index contributed by atoms with van der Waals surface area (Å²) in [6, 6.07) is 14.5. The van der Waals surface area contributed by atoms with Gasteiger partial charge in [-0.15, -0.1) is 0 Å². The number of nitrogens with one attached hydrogen (secondary N) is 2. The van der Waals surface area contributed by atoms with Crippen LogP contribution in [0.25, 0.3) is 0 Å². The summed E-state index contributed by atoms with van der Waals surface area (Å²) in [5, 5.41) is 6.29. The third kappa shape index (κ3) is 5.24. The Hall–Kier alpha value is -2.02. The molecule has 2 N–H and O–H groups in total. The van der Waals surface area contributed by atoms with Gasteiger partial charge in [-0.2, -0.15) is 0 Å². The molecule has 1 aliphatic rings. The van der Waals surface area contributed by atoms with Gasteiger partial charge in [-0.1, -0.05) is 65.3 Å². The van der Waals surface area contributed by atoms with E-state index >= 15 is 0 Å². The van der Waals surface area contributed by atoms with Crippen LogP contribution in [0.15, 0.2) is 53.5 Å². The van der Waals surface area contributed by atoms with Crippen LogP contribution in [-0.4, -0.2) is 22.2 Å². The van der Waals surface area contributed by atoms with Gasteiger partial charge in [0.25, 0.3) is 0 Å². The normalized spacial score (nSPS) is 18.0. The summed E-state index contributed by atoms with van der Waals surface area (Å²) in [5.74, 6) is -0.513. The second kappa shape index (κ2) is 8.58. The first kappa shape index (κ1) is 18.8. The molecule has 2 aromatic rings. The molecule has 1 fully saturated rings. The molecule has 1 unspecified atom stereocenters. The maximum atomic E-state index is 12.2. The van der Waals surface area contributed by atoms with E-state index in [9.17, 15) is 9.59 Å². The number of nitrogens with zero attached hydrogens (tertiary/aromatic N) is 1. The van der Waals surface area contributed by atoms with E-state index in [1.54, 1.807) is 18.2 Å². The van der Waals surface area contributed by atoms with E-state index in [1.165, 1.54) is 11.8 Å². The number of anilines is 1. The monoisotopic (exact) mass is 407 g/mol. The number of hydrogen-bond donors (Lipinski definition) is 2. The van der Waals surface area contributed by atoms with Crippen molar-refractivity contribution in [2.45, 2.75) is 18.2 Å². The van der Waals surface area contributed by atoms with Gasteiger partial charge in [0.2, 0.25) is 11.8 Å². The van der Waals surface area contributed by atoms with Crippen molar-refractivity contribution in [2.24, 2.45) is 4.99 Å². The molecule has 1 aliphatic heterocycles. The molecular weight excluding hydrogens is 393 g/mol. The lowest BCUT2D eigenvalue weighted by molar-refractivity contribution is -0.122. The SMILES string of the molecule is O=C(CC1SC(=NCc2ccccc2)NC1=O)Nc1cc(Cl)cc(Cl)c1. The zero-order valence-electron chi connectivity index (χ0n) is 13.5. The minimum Gasteiger partial charge on any atom is -0.326 e. The lowest BCUT2D eigenvalue weighted by Crippen LogP contribution is -2.28. The highest BCUT2D eigenvalue weighted by Gasteiger charge is 2.32. The lowest BCUT2D eigenvalue weighted by Gasteiger charge is -2.08. The Morgan fingerprint density at radius 3 is 2.54 bits per heavy atom. The molecule has 134 valence electrons. The highest BCUT2D eigenvalue weighted by molar-refractivity contribution is 8.15. The van der Waals surface area contributed by atoms with Crippen molar-refractivity contribution in [1.29, 1.82) is 0 Å². The first-order valence-electron chi connectivity index (χ1n) is 7.81. The summed E-state index contributed by atoms with van der Waals surface area (Å²) in [4.78, 5) is 28.6. The molecule has 0 radical (unpaired) electrons. The average molecular weight is 408 g/mol. The van der Waals surface area contributed by atoms with Crippen LogP contribution in [0.2, 0.25) is 10.0 Å². The maximum absolute atomic E-state index is 12.2. The smallest absolute Gasteiger partial charge is 0.240 e. The van der Waals surface area contributed by atoms with Crippen LogP contribution in [-0.2, 0) is 16.1 Å². The van der Waals surface area contributed by atoms with Crippen molar-refractivity contribution >= 4 is 57.6 Å². The first-order chi connectivity index (χ1) is 12.5. The largest absolute Gasteiger partial charge is 0.326 e. The Morgan fingerprint density at radius 1 is 1.15 bits per heavy atom. The standard InChI is InChI=1S/C18H15Cl2N3O2S/c19-12-6-13(20)8-14(7-12)22-16(24)9-15-17(25)23-18(26-15)21-10-11-4-2-1-3-5-11/h1-8,15H,9-10H2,(H,22,24)(H,21,23,25). The summed E-state index contributed by atoms with van der Waals surface area (Å²) >= 11 is 13.1. The van der Waals surface area contributed by atoms with Crippen molar-refractivity contribution in [3.8, 4) is 0 Å². The van der Waals surface area contributed by atoms with E-state index in [1.807, 2.05) is 30.3 Å². The highest BCUT2D eigenvalue weighted by Crippen LogP contribution is 2.25. The van der Waals surface area contributed by atoms with E-state index in [0.29, 0.717) is 27.4 Å². The van der Waals surface area contributed by atoms with Crippen LogP contribution in [0.3, 0.4) is 0 Å². The zero-order valence-corrected chi connectivity index (χ0v) is 15.9. The van der Waals surface area contributed by atoms with Gasteiger partial charge in [-0.3, -0.25) is 14.6 Å². The first-order valence-corrected chi connectivity index (χ1v) is 9.45. The van der Waals surface area contributed by atoms with Crippen LogP contribution in [0.1, 0.15) is 12.0 Å². The zero-order chi connectivity index (χ0) is 18.5. The minimum atomic E-state index is -0.515. The molecule has 26 heavy (non-hydrogen) atoms. The van der Waals surface area contributed by atoms with Crippen molar-refractivity contribution in [3.63, 3.8) is 0 Å². The fourth-order valence-electron chi connectivity index (χ4n) is 2.37. The van der Waals surface area contributed by atoms with E-state index in [-0.39, 0.29) is 18.2 Å². The van der Waals surface area contributed by atoms with Crippen LogP contribution in [0.4, 0.5) is 5.69 Å². The molecule has 2 aromatic carbocycles. The Bertz CT molecular complexity index is 839. The number of rotatable bonds is 5. The molecular formula is C18H15Cl2N3O2S. The topological polar surface area (TPSA) is 70.6 Å². The van der Waals surface area contributed by atoms with Gasteiger partial charge in [-0.05, 0) is 23.8 Å².